The highest BCUT2D eigenvalue weighted by Gasteiger charge is 2.17. The van der Waals surface area contributed by atoms with Gasteiger partial charge in [-0.15, -0.1) is 0 Å². The van der Waals surface area contributed by atoms with Crippen LogP contribution in [-0.2, 0) is 23.8 Å². The quantitative estimate of drug-likeness (QED) is 0.0389. The summed E-state index contributed by atoms with van der Waals surface area (Å²) in [5.74, 6) is -0.428. The van der Waals surface area contributed by atoms with Crippen LogP contribution in [0.3, 0.4) is 0 Å². The topological polar surface area (TPSA) is 61.8 Å². The first-order valence-corrected chi connectivity index (χ1v) is 19.5. The van der Waals surface area contributed by atoms with Crippen molar-refractivity contribution in [2.24, 2.45) is 0 Å². The Balaban J connectivity index is 4.00. The second-order valence-corrected chi connectivity index (χ2v) is 12.8. The first-order chi connectivity index (χ1) is 22.6. The summed E-state index contributed by atoms with van der Waals surface area (Å²) in [5.41, 5.74) is 0. The maximum atomic E-state index is 12.4. The van der Waals surface area contributed by atoms with Crippen LogP contribution < -0.4 is 0 Å². The monoisotopic (exact) mass is 647 g/mol. The molecule has 46 heavy (non-hydrogen) atoms. The lowest BCUT2D eigenvalue weighted by Gasteiger charge is -2.18. The molecule has 0 aromatic carbocycles. The van der Waals surface area contributed by atoms with Crippen LogP contribution in [0.2, 0.25) is 0 Å². The molecule has 0 rings (SSSR count). The number of allylic oxidation sites excluding steroid dienone is 6. The summed E-state index contributed by atoms with van der Waals surface area (Å²) in [6, 6.07) is 0. The summed E-state index contributed by atoms with van der Waals surface area (Å²) < 4.78 is 17.0. The first-order valence-electron chi connectivity index (χ1n) is 19.5. The fourth-order valence-corrected chi connectivity index (χ4v) is 5.22. The Hall–Kier alpha value is -1.88. The number of rotatable bonds is 35. The van der Waals surface area contributed by atoms with Crippen LogP contribution >= 0.6 is 0 Å². The molecule has 0 spiro atoms. The van der Waals surface area contributed by atoms with Gasteiger partial charge in [0.15, 0.2) is 6.10 Å². The lowest BCUT2D eigenvalue weighted by atomic mass is 10.1. The number of ether oxygens (including phenoxy) is 3. The van der Waals surface area contributed by atoms with Crippen LogP contribution in [0.5, 0.6) is 0 Å². The molecule has 0 aliphatic carbocycles. The van der Waals surface area contributed by atoms with Gasteiger partial charge in [0.05, 0.1) is 6.61 Å². The van der Waals surface area contributed by atoms with Crippen LogP contribution in [0.4, 0.5) is 0 Å². The Morgan fingerprint density at radius 2 is 0.913 bits per heavy atom. The van der Waals surface area contributed by atoms with Gasteiger partial charge < -0.3 is 14.2 Å². The average Bonchev–Trinajstić information content (AvgIpc) is 3.05. The van der Waals surface area contributed by atoms with Crippen molar-refractivity contribution in [2.45, 2.75) is 194 Å². The van der Waals surface area contributed by atoms with E-state index in [1.54, 1.807) is 0 Å². The van der Waals surface area contributed by atoms with Gasteiger partial charge in [-0.05, 0) is 57.8 Å². The summed E-state index contributed by atoms with van der Waals surface area (Å²) in [6.07, 6.45) is 41.7. The molecule has 0 aromatic rings. The minimum absolute atomic E-state index is 0.0798. The van der Waals surface area contributed by atoms with Gasteiger partial charge in [-0.2, -0.15) is 0 Å². The molecule has 0 radical (unpaired) electrons. The zero-order valence-corrected chi connectivity index (χ0v) is 30.6. The van der Waals surface area contributed by atoms with E-state index in [0.29, 0.717) is 19.4 Å². The first kappa shape index (κ1) is 44.1. The van der Waals surface area contributed by atoms with Gasteiger partial charge in [-0.25, -0.2) is 0 Å². The fourth-order valence-electron chi connectivity index (χ4n) is 5.22. The average molecular weight is 647 g/mol. The molecule has 1 atom stereocenters. The van der Waals surface area contributed by atoms with E-state index in [9.17, 15) is 9.59 Å². The van der Waals surface area contributed by atoms with Crippen molar-refractivity contribution in [3.8, 4) is 0 Å². The van der Waals surface area contributed by atoms with Crippen molar-refractivity contribution in [1.29, 1.82) is 0 Å². The largest absolute Gasteiger partial charge is 0.462 e. The van der Waals surface area contributed by atoms with E-state index >= 15 is 0 Å². The van der Waals surface area contributed by atoms with Gasteiger partial charge in [-0.3, -0.25) is 9.59 Å². The van der Waals surface area contributed by atoms with Gasteiger partial charge in [0.25, 0.3) is 0 Å². The van der Waals surface area contributed by atoms with E-state index in [-0.39, 0.29) is 25.2 Å². The molecule has 0 heterocycles. The minimum Gasteiger partial charge on any atom is -0.462 e. The number of carbonyl (C=O) groups excluding carboxylic acids is 2. The fraction of sp³-hybridized carbons (Fsp3) is 0.805. The normalized spacial score (nSPS) is 12.5. The van der Waals surface area contributed by atoms with Crippen LogP contribution in [0.1, 0.15) is 188 Å². The molecule has 0 saturated heterocycles. The predicted molar refractivity (Wildman–Crippen MR) is 196 cm³/mol. The molecule has 0 bridgehead atoms. The molecule has 0 aliphatic rings. The number of hydrogen-bond donors (Lipinski definition) is 0. The molecule has 0 amide bonds. The third kappa shape index (κ3) is 35.0. The zero-order valence-electron chi connectivity index (χ0n) is 30.6. The molecule has 0 N–H and O–H groups in total. The third-order valence-electron chi connectivity index (χ3n) is 8.18. The highest BCUT2D eigenvalue weighted by atomic mass is 16.6. The highest BCUT2D eigenvalue weighted by Crippen LogP contribution is 2.12. The van der Waals surface area contributed by atoms with Crippen molar-refractivity contribution >= 4 is 11.9 Å². The molecular weight excluding hydrogens is 572 g/mol. The van der Waals surface area contributed by atoms with Gasteiger partial charge in [0.2, 0.25) is 0 Å². The van der Waals surface area contributed by atoms with Crippen molar-refractivity contribution in [3.05, 3.63) is 36.5 Å². The van der Waals surface area contributed by atoms with Crippen LogP contribution in [0, 0.1) is 0 Å². The molecule has 0 fully saturated rings. The highest BCUT2D eigenvalue weighted by molar-refractivity contribution is 5.70. The number of hydrogen-bond acceptors (Lipinski definition) is 5. The second kappa shape index (κ2) is 37.6. The third-order valence-corrected chi connectivity index (χ3v) is 8.18. The molecule has 268 valence electrons. The summed E-state index contributed by atoms with van der Waals surface area (Å²) in [4.78, 5) is 24.8. The van der Waals surface area contributed by atoms with Crippen molar-refractivity contribution < 1.29 is 23.8 Å². The summed E-state index contributed by atoms with van der Waals surface area (Å²) >= 11 is 0. The predicted octanol–water partition coefficient (Wildman–Crippen LogP) is 12.3. The number of unbranched alkanes of at least 4 members (excludes halogenated alkanes) is 18. The van der Waals surface area contributed by atoms with Gasteiger partial charge in [0.1, 0.15) is 6.61 Å². The van der Waals surface area contributed by atoms with Crippen LogP contribution in [0.15, 0.2) is 36.5 Å². The smallest absolute Gasteiger partial charge is 0.306 e. The lowest BCUT2D eigenvalue weighted by molar-refractivity contribution is -0.163. The van der Waals surface area contributed by atoms with E-state index in [0.717, 1.165) is 70.6 Å². The van der Waals surface area contributed by atoms with E-state index in [1.807, 2.05) is 0 Å². The van der Waals surface area contributed by atoms with E-state index < -0.39 is 6.10 Å². The molecule has 1 unspecified atom stereocenters. The van der Waals surface area contributed by atoms with Crippen molar-refractivity contribution in [1.82, 2.24) is 0 Å². The summed E-state index contributed by atoms with van der Waals surface area (Å²) in [7, 11) is 0. The molecule has 0 aromatic heterocycles. The Kier molecular flexibility index (Phi) is 36.0. The maximum absolute atomic E-state index is 12.4. The van der Waals surface area contributed by atoms with E-state index in [2.05, 4.69) is 57.2 Å². The Morgan fingerprint density at radius 3 is 1.50 bits per heavy atom. The minimum atomic E-state index is -0.528. The maximum Gasteiger partial charge on any atom is 0.306 e. The van der Waals surface area contributed by atoms with E-state index in [1.165, 1.54) is 83.5 Å². The number of esters is 2. The van der Waals surface area contributed by atoms with Crippen molar-refractivity contribution in [3.63, 3.8) is 0 Å². The molecular formula is C41H74O5. The molecule has 5 heteroatoms. The zero-order chi connectivity index (χ0) is 33.6. The van der Waals surface area contributed by atoms with Crippen molar-refractivity contribution in [2.75, 3.05) is 19.8 Å². The number of carbonyl (C=O) groups is 2. The molecule has 0 saturated carbocycles. The molecule has 5 nitrogen and oxygen atoms in total. The Bertz CT molecular complexity index is 741. The van der Waals surface area contributed by atoms with Gasteiger partial charge in [-0.1, -0.05) is 154 Å². The Morgan fingerprint density at radius 1 is 0.478 bits per heavy atom. The summed E-state index contributed by atoms with van der Waals surface area (Å²) in [6.45, 7) is 7.66. The standard InChI is InChI=1S/C41H74O5/c1-4-7-10-13-15-16-17-18-19-20-21-22-23-24-25-26-27-29-31-34-40(42)45-38-39(37-44-36-33-30-14-11-8-5-2)46-41(43)35-32-28-12-9-6-3/h15-16,18-19,21-22,39H,4-14,17,20,23-38H2,1-3H3/b16-15-,19-18-,22-21-. The lowest BCUT2D eigenvalue weighted by Crippen LogP contribution is -2.30. The molecule has 0 aliphatic heterocycles. The van der Waals surface area contributed by atoms with E-state index in [4.69, 9.17) is 14.2 Å². The van der Waals surface area contributed by atoms with Gasteiger partial charge in [0, 0.05) is 19.4 Å². The summed E-state index contributed by atoms with van der Waals surface area (Å²) in [5, 5.41) is 0. The second-order valence-electron chi connectivity index (χ2n) is 12.8. The van der Waals surface area contributed by atoms with Crippen LogP contribution in [-0.4, -0.2) is 37.9 Å². The SMILES string of the molecule is CCCCC/C=C\C/C=C\C/C=C\CCCCCCCCC(=O)OCC(COCCCCCCCC)OC(=O)CCCCCCC. The van der Waals surface area contributed by atoms with Gasteiger partial charge >= 0.3 is 11.9 Å². The Labute approximate surface area is 285 Å². The van der Waals surface area contributed by atoms with Crippen LogP contribution in [0.25, 0.3) is 0 Å².